The second-order valence-electron chi connectivity index (χ2n) is 10.1. The van der Waals surface area contributed by atoms with Crippen LogP contribution in [0.2, 0.25) is 0 Å². The molecule has 11 heteroatoms. The molecule has 0 saturated carbocycles. The minimum absolute atomic E-state index is 0.109. The number of nitrogens with zero attached hydrogens (tertiary/aromatic N) is 2. The van der Waals surface area contributed by atoms with Gasteiger partial charge in [-0.05, 0) is 56.2 Å². The van der Waals surface area contributed by atoms with E-state index in [1.807, 2.05) is 30.3 Å². The molecule has 1 saturated heterocycles. The smallest absolute Gasteiger partial charge is 0.410 e. The number of ether oxygens (including phenoxy) is 4. The Balaban J connectivity index is 1.28. The SMILES string of the molecule is CCOC(=O)[C@H](CCC1CCN(C(=O)OCc2ccccc2)CC1)OC(=O)CN1C(=O)C[C@@H](N)Oc2ccccc21. The number of anilines is 1. The van der Waals surface area contributed by atoms with Gasteiger partial charge in [0.1, 0.15) is 18.9 Å². The number of hydrogen-bond donors (Lipinski definition) is 1. The van der Waals surface area contributed by atoms with E-state index in [-0.39, 0.29) is 44.0 Å². The summed E-state index contributed by atoms with van der Waals surface area (Å²) < 4.78 is 21.8. The first-order valence-corrected chi connectivity index (χ1v) is 14.0. The van der Waals surface area contributed by atoms with Gasteiger partial charge in [0.2, 0.25) is 5.91 Å². The molecule has 0 aromatic heterocycles. The van der Waals surface area contributed by atoms with Gasteiger partial charge in [0.15, 0.2) is 12.3 Å². The lowest BCUT2D eigenvalue weighted by Crippen LogP contribution is -2.41. The van der Waals surface area contributed by atoms with Crippen LogP contribution in [-0.4, -0.2) is 67.4 Å². The van der Waals surface area contributed by atoms with Gasteiger partial charge in [-0.3, -0.25) is 20.2 Å². The number of amides is 2. The van der Waals surface area contributed by atoms with Crippen LogP contribution in [0.3, 0.4) is 0 Å². The van der Waals surface area contributed by atoms with Crippen LogP contribution in [0.25, 0.3) is 0 Å². The number of fused-ring (bicyclic) bond motifs is 1. The van der Waals surface area contributed by atoms with Gasteiger partial charge in [-0.15, -0.1) is 0 Å². The summed E-state index contributed by atoms with van der Waals surface area (Å²) in [5, 5.41) is 0. The Morgan fingerprint density at radius 2 is 1.73 bits per heavy atom. The van der Waals surface area contributed by atoms with Crippen molar-refractivity contribution in [2.45, 2.75) is 58.0 Å². The van der Waals surface area contributed by atoms with E-state index >= 15 is 0 Å². The summed E-state index contributed by atoms with van der Waals surface area (Å²) >= 11 is 0. The van der Waals surface area contributed by atoms with Crippen molar-refractivity contribution in [2.24, 2.45) is 11.7 Å². The zero-order valence-corrected chi connectivity index (χ0v) is 23.2. The van der Waals surface area contributed by atoms with E-state index in [1.54, 1.807) is 36.1 Å². The van der Waals surface area contributed by atoms with Crippen molar-refractivity contribution in [1.29, 1.82) is 0 Å². The highest BCUT2D eigenvalue weighted by Crippen LogP contribution is 2.32. The molecule has 4 rings (SSSR count). The van der Waals surface area contributed by atoms with Crippen molar-refractivity contribution in [3.05, 3.63) is 60.2 Å². The number of hydrogen-bond acceptors (Lipinski definition) is 9. The number of carbonyl (C=O) groups excluding carboxylic acids is 4. The molecule has 0 radical (unpaired) electrons. The van der Waals surface area contributed by atoms with Crippen molar-refractivity contribution in [3.63, 3.8) is 0 Å². The van der Waals surface area contributed by atoms with Gasteiger partial charge in [-0.25, -0.2) is 9.59 Å². The summed E-state index contributed by atoms with van der Waals surface area (Å²) in [6.45, 7) is 2.74. The average Bonchev–Trinajstić information content (AvgIpc) is 3.09. The van der Waals surface area contributed by atoms with E-state index < -0.39 is 30.8 Å². The first-order valence-electron chi connectivity index (χ1n) is 14.0. The first kappa shape index (κ1) is 29.9. The van der Waals surface area contributed by atoms with Gasteiger partial charge in [-0.1, -0.05) is 42.5 Å². The predicted octanol–water partition coefficient (Wildman–Crippen LogP) is 3.39. The average molecular weight is 568 g/mol. The molecule has 11 nitrogen and oxygen atoms in total. The molecular formula is C30H37N3O8. The van der Waals surface area contributed by atoms with Crippen LogP contribution in [-0.2, 0) is 35.2 Å². The molecule has 220 valence electrons. The molecule has 2 atom stereocenters. The monoisotopic (exact) mass is 567 g/mol. The van der Waals surface area contributed by atoms with Crippen LogP contribution in [0.4, 0.5) is 10.5 Å². The third kappa shape index (κ3) is 8.43. The fourth-order valence-electron chi connectivity index (χ4n) is 4.96. The third-order valence-corrected chi connectivity index (χ3v) is 7.14. The number of nitrogens with two attached hydrogens (primary N) is 1. The lowest BCUT2D eigenvalue weighted by atomic mass is 9.91. The minimum Gasteiger partial charge on any atom is -0.473 e. The van der Waals surface area contributed by atoms with Crippen molar-refractivity contribution in [1.82, 2.24) is 4.90 Å². The summed E-state index contributed by atoms with van der Waals surface area (Å²) in [4.78, 5) is 53.8. The molecule has 2 aliphatic heterocycles. The standard InChI is InChI=1S/C30H37N3O8/c1-2-38-29(36)25(41-28(35)19-33-23-10-6-7-11-24(23)40-26(31)18-27(33)34)13-12-21-14-16-32(17-15-21)30(37)39-20-22-8-4-3-5-9-22/h3-11,21,25-26H,2,12-20,31H2,1H3/t25-,26-/m0/s1. The Morgan fingerprint density at radius 1 is 1.02 bits per heavy atom. The van der Waals surface area contributed by atoms with E-state index in [0.717, 1.165) is 18.4 Å². The fourth-order valence-corrected chi connectivity index (χ4v) is 4.96. The number of piperidine rings is 1. The fraction of sp³-hybridized carbons (Fsp3) is 0.467. The van der Waals surface area contributed by atoms with Gasteiger partial charge >= 0.3 is 18.0 Å². The van der Waals surface area contributed by atoms with Crippen LogP contribution in [0.1, 0.15) is 44.6 Å². The molecule has 0 aliphatic carbocycles. The van der Waals surface area contributed by atoms with Gasteiger partial charge in [-0.2, -0.15) is 0 Å². The Morgan fingerprint density at radius 3 is 2.46 bits per heavy atom. The lowest BCUT2D eigenvalue weighted by molar-refractivity contribution is -0.167. The normalized spacial score (nSPS) is 18.0. The molecule has 2 N–H and O–H groups in total. The molecule has 41 heavy (non-hydrogen) atoms. The van der Waals surface area contributed by atoms with Crippen molar-refractivity contribution in [3.8, 4) is 5.75 Å². The van der Waals surface area contributed by atoms with E-state index in [2.05, 4.69) is 0 Å². The van der Waals surface area contributed by atoms with Crippen LogP contribution in [0.5, 0.6) is 5.75 Å². The summed E-state index contributed by atoms with van der Waals surface area (Å²) in [5.41, 5.74) is 7.22. The topological polar surface area (TPSA) is 138 Å². The number of esters is 2. The van der Waals surface area contributed by atoms with E-state index in [1.165, 1.54) is 4.90 Å². The predicted molar refractivity (Wildman–Crippen MR) is 149 cm³/mol. The second-order valence-corrected chi connectivity index (χ2v) is 10.1. The number of rotatable bonds is 10. The summed E-state index contributed by atoms with van der Waals surface area (Å²) in [5.74, 6) is -1.13. The molecule has 2 aromatic rings. The summed E-state index contributed by atoms with van der Waals surface area (Å²) in [6.07, 6.45) is -0.0407. The number of carbonyl (C=O) groups is 4. The largest absolute Gasteiger partial charge is 0.473 e. The van der Waals surface area contributed by atoms with Crippen molar-refractivity contribution >= 4 is 29.6 Å². The first-order chi connectivity index (χ1) is 19.8. The maximum Gasteiger partial charge on any atom is 0.410 e. The summed E-state index contributed by atoms with van der Waals surface area (Å²) in [6, 6.07) is 16.3. The van der Waals surface area contributed by atoms with Crippen LogP contribution in [0, 0.1) is 5.92 Å². The van der Waals surface area contributed by atoms with E-state index in [0.29, 0.717) is 30.9 Å². The van der Waals surface area contributed by atoms with Gasteiger partial charge in [0, 0.05) is 13.1 Å². The number of likely N-dealkylation sites (tertiary alicyclic amines) is 1. The van der Waals surface area contributed by atoms with Gasteiger partial charge in [0.25, 0.3) is 0 Å². The molecule has 2 aliphatic rings. The van der Waals surface area contributed by atoms with Crippen LogP contribution >= 0.6 is 0 Å². The second kappa shape index (κ2) is 14.5. The van der Waals surface area contributed by atoms with Gasteiger partial charge in [0.05, 0.1) is 18.7 Å². The highest BCUT2D eigenvalue weighted by atomic mass is 16.6. The zero-order valence-electron chi connectivity index (χ0n) is 23.2. The number of benzene rings is 2. The molecular weight excluding hydrogens is 530 g/mol. The Hall–Kier alpha value is -4.12. The molecule has 2 aromatic carbocycles. The maximum absolute atomic E-state index is 13.0. The highest BCUT2D eigenvalue weighted by molar-refractivity contribution is 6.00. The molecule has 0 unspecified atom stereocenters. The Bertz CT molecular complexity index is 1200. The lowest BCUT2D eigenvalue weighted by Gasteiger charge is -2.31. The molecule has 2 heterocycles. The molecule has 2 amide bonds. The van der Waals surface area contributed by atoms with E-state index in [9.17, 15) is 19.2 Å². The van der Waals surface area contributed by atoms with Crippen LogP contribution < -0.4 is 15.4 Å². The third-order valence-electron chi connectivity index (χ3n) is 7.14. The van der Waals surface area contributed by atoms with Gasteiger partial charge < -0.3 is 23.8 Å². The molecule has 0 spiro atoms. The molecule has 0 bridgehead atoms. The number of para-hydroxylation sites is 2. The van der Waals surface area contributed by atoms with E-state index in [4.69, 9.17) is 24.7 Å². The van der Waals surface area contributed by atoms with Crippen molar-refractivity contribution < 1.29 is 38.1 Å². The molecule has 1 fully saturated rings. The Labute approximate surface area is 239 Å². The van der Waals surface area contributed by atoms with Crippen molar-refractivity contribution in [2.75, 3.05) is 31.1 Å². The minimum atomic E-state index is -1.10. The van der Waals surface area contributed by atoms with Crippen LogP contribution in [0.15, 0.2) is 54.6 Å². The Kier molecular flexibility index (Phi) is 10.6. The highest BCUT2D eigenvalue weighted by Gasteiger charge is 2.32. The zero-order chi connectivity index (χ0) is 29.2. The quantitative estimate of drug-likeness (QED) is 0.338. The summed E-state index contributed by atoms with van der Waals surface area (Å²) in [7, 11) is 0. The maximum atomic E-state index is 13.0.